The fraction of sp³-hybridized carbons (Fsp3) is 0.300. The van der Waals surface area contributed by atoms with Crippen LogP contribution >= 0.6 is 11.8 Å². The van der Waals surface area contributed by atoms with Gasteiger partial charge >= 0.3 is 0 Å². The maximum Gasteiger partial charge on any atom is 0.252 e. The molecule has 3 aromatic rings. The summed E-state index contributed by atoms with van der Waals surface area (Å²) in [6.07, 6.45) is 4.83. The van der Waals surface area contributed by atoms with Crippen molar-refractivity contribution in [2.75, 3.05) is 19.8 Å². The van der Waals surface area contributed by atoms with Gasteiger partial charge in [-0.15, -0.1) is 11.8 Å². The van der Waals surface area contributed by atoms with Crippen molar-refractivity contribution < 1.29 is 9.53 Å². The van der Waals surface area contributed by atoms with E-state index in [9.17, 15) is 4.79 Å². The second-order valence-electron chi connectivity index (χ2n) is 5.79. The Morgan fingerprint density at radius 3 is 2.92 bits per heavy atom. The minimum atomic E-state index is -0.0420. The number of pyridine rings is 1. The Bertz CT molecular complexity index is 830. The molecule has 0 radical (unpaired) electrons. The molecule has 1 amide bonds. The molecule has 5 nitrogen and oxygen atoms in total. The molecule has 0 spiro atoms. The maximum atomic E-state index is 12.5. The summed E-state index contributed by atoms with van der Waals surface area (Å²) in [6, 6.07) is 13.6. The first-order valence-corrected chi connectivity index (χ1v) is 9.77. The van der Waals surface area contributed by atoms with Gasteiger partial charge in [0.15, 0.2) is 0 Å². The number of carbonyl (C=O) groups excluding carboxylic acids is 1. The van der Waals surface area contributed by atoms with Crippen molar-refractivity contribution in [1.29, 1.82) is 0 Å². The number of benzene rings is 1. The zero-order valence-corrected chi connectivity index (χ0v) is 15.7. The van der Waals surface area contributed by atoms with Gasteiger partial charge in [0.05, 0.1) is 11.3 Å². The van der Waals surface area contributed by atoms with Gasteiger partial charge in [-0.3, -0.25) is 4.79 Å². The number of nitrogens with one attached hydrogen (secondary N) is 1. The Hall–Kier alpha value is -2.31. The molecule has 3 rings (SSSR count). The number of hydrogen-bond acceptors (Lipinski definition) is 4. The predicted molar refractivity (Wildman–Crippen MR) is 105 cm³/mol. The Morgan fingerprint density at radius 2 is 2.08 bits per heavy atom. The monoisotopic (exact) mass is 369 g/mol. The summed E-state index contributed by atoms with van der Waals surface area (Å²) < 4.78 is 7.30. The second kappa shape index (κ2) is 9.40. The van der Waals surface area contributed by atoms with Crippen LogP contribution in [0.4, 0.5) is 0 Å². The first-order valence-electron chi connectivity index (χ1n) is 8.78. The molecule has 26 heavy (non-hydrogen) atoms. The van der Waals surface area contributed by atoms with Crippen molar-refractivity contribution >= 4 is 23.3 Å². The summed E-state index contributed by atoms with van der Waals surface area (Å²) in [7, 11) is 0. The SMILES string of the molecule is CCOCCCNC(=O)c1ccccc1SCc1cn2ccccc2n1. The van der Waals surface area contributed by atoms with E-state index in [0.29, 0.717) is 25.3 Å². The number of thioether (sulfide) groups is 1. The molecule has 0 aliphatic heterocycles. The highest BCUT2D eigenvalue weighted by Gasteiger charge is 2.11. The molecule has 0 bridgehead atoms. The number of aromatic nitrogens is 2. The van der Waals surface area contributed by atoms with Crippen molar-refractivity contribution in [3.63, 3.8) is 0 Å². The molecule has 6 heteroatoms. The zero-order chi connectivity index (χ0) is 18.2. The molecule has 0 saturated heterocycles. The number of fused-ring (bicyclic) bond motifs is 1. The van der Waals surface area contributed by atoms with Crippen molar-refractivity contribution in [2.45, 2.75) is 24.0 Å². The van der Waals surface area contributed by atoms with Crippen LogP contribution in [0.15, 0.2) is 59.8 Å². The Labute approximate surface area is 157 Å². The van der Waals surface area contributed by atoms with E-state index in [0.717, 1.165) is 28.4 Å². The number of ether oxygens (including phenoxy) is 1. The number of carbonyl (C=O) groups is 1. The van der Waals surface area contributed by atoms with E-state index in [4.69, 9.17) is 4.74 Å². The summed E-state index contributed by atoms with van der Waals surface area (Å²) in [5.74, 6) is 0.677. The van der Waals surface area contributed by atoms with Crippen molar-refractivity contribution in [3.8, 4) is 0 Å². The molecule has 136 valence electrons. The Morgan fingerprint density at radius 1 is 1.23 bits per heavy atom. The summed E-state index contributed by atoms with van der Waals surface area (Å²) in [5, 5.41) is 2.97. The number of nitrogens with zero attached hydrogens (tertiary/aromatic N) is 2. The first kappa shape index (κ1) is 18.5. The van der Waals surface area contributed by atoms with Gasteiger partial charge in [-0.2, -0.15) is 0 Å². The smallest absolute Gasteiger partial charge is 0.252 e. The van der Waals surface area contributed by atoms with E-state index >= 15 is 0 Å². The molecule has 0 saturated carbocycles. The number of rotatable bonds is 9. The molecule has 0 unspecified atom stereocenters. The average Bonchev–Trinajstić information content (AvgIpc) is 3.09. The largest absolute Gasteiger partial charge is 0.382 e. The van der Waals surface area contributed by atoms with Gasteiger partial charge in [0, 0.05) is 42.8 Å². The van der Waals surface area contributed by atoms with Gasteiger partial charge in [0.2, 0.25) is 0 Å². The number of hydrogen-bond donors (Lipinski definition) is 1. The highest BCUT2D eigenvalue weighted by molar-refractivity contribution is 7.98. The van der Waals surface area contributed by atoms with E-state index < -0.39 is 0 Å². The van der Waals surface area contributed by atoms with Crippen LogP contribution in [-0.2, 0) is 10.5 Å². The van der Waals surface area contributed by atoms with Gasteiger partial charge in [0.1, 0.15) is 5.65 Å². The van der Waals surface area contributed by atoms with Crippen LogP contribution in [0.2, 0.25) is 0 Å². The molecular formula is C20H23N3O2S. The third-order valence-corrected chi connectivity index (χ3v) is 4.98. The van der Waals surface area contributed by atoms with Gasteiger partial charge in [-0.1, -0.05) is 18.2 Å². The molecule has 2 heterocycles. The van der Waals surface area contributed by atoms with Gasteiger partial charge in [0.25, 0.3) is 5.91 Å². The summed E-state index contributed by atoms with van der Waals surface area (Å²) in [6.45, 7) is 3.96. The van der Waals surface area contributed by atoms with Gasteiger partial charge in [-0.05, 0) is 37.6 Å². The summed E-state index contributed by atoms with van der Waals surface area (Å²) >= 11 is 1.63. The van der Waals surface area contributed by atoms with E-state index in [1.54, 1.807) is 11.8 Å². The van der Waals surface area contributed by atoms with Crippen LogP contribution < -0.4 is 5.32 Å². The van der Waals surface area contributed by atoms with Crippen LogP contribution in [0.3, 0.4) is 0 Å². The van der Waals surface area contributed by atoms with E-state index in [1.165, 1.54) is 0 Å². The standard InChI is InChI=1S/C20H23N3O2S/c1-2-25-13-7-11-21-20(24)17-8-3-4-9-18(17)26-15-16-14-23-12-6-5-10-19(23)22-16/h3-6,8-10,12,14H,2,7,11,13,15H2,1H3,(H,21,24). The number of imidazole rings is 1. The van der Waals surface area contributed by atoms with E-state index in [-0.39, 0.29) is 5.91 Å². The van der Waals surface area contributed by atoms with Gasteiger partial charge in [-0.25, -0.2) is 4.98 Å². The molecule has 1 N–H and O–H groups in total. The lowest BCUT2D eigenvalue weighted by Gasteiger charge is -2.09. The predicted octanol–water partition coefficient (Wildman–Crippen LogP) is 3.78. The minimum Gasteiger partial charge on any atom is -0.382 e. The first-order chi connectivity index (χ1) is 12.8. The summed E-state index contributed by atoms with van der Waals surface area (Å²) in [4.78, 5) is 18.0. The van der Waals surface area contributed by atoms with Gasteiger partial charge < -0.3 is 14.5 Å². The minimum absolute atomic E-state index is 0.0420. The molecule has 2 aromatic heterocycles. The zero-order valence-electron chi connectivity index (χ0n) is 14.9. The highest BCUT2D eigenvalue weighted by atomic mass is 32.2. The molecular weight excluding hydrogens is 346 g/mol. The van der Waals surface area contributed by atoms with Crippen molar-refractivity contribution in [3.05, 3.63) is 66.1 Å². The lowest BCUT2D eigenvalue weighted by Crippen LogP contribution is -2.25. The van der Waals surface area contributed by atoms with Crippen LogP contribution in [0.1, 0.15) is 29.4 Å². The molecule has 1 aromatic carbocycles. The Balaban J connectivity index is 1.60. The van der Waals surface area contributed by atoms with Crippen LogP contribution in [-0.4, -0.2) is 35.1 Å². The fourth-order valence-corrected chi connectivity index (χ4v) is 3.54. The highest BCUT2D eigenvalue weighted by Crippen LogP contribution is 2.26. The quantitative estimate of drug-likeness (QED) is 0.461. The van der Waals surface area contributed by atoms with Crippen molar-refractivity contribution in [1.82, 2.24) is 14.7 Å². The average molecular weight is 369 g/mol. The topological polar surface area (TPSA) is 55.6 Å². The summed E-state index contributed by atoms with van der Waals surface area (Å²) in [5.41, 5.74) is 2.63. The Kier molecular flexibility index (Phi) is 6.68. The van der Waals surface area contributed by atoms with Crippen molar-refractivity contribution in [2.24, 2.45) is 0 Å². The third-order valence-electron chi connectivity index (χ3n) is 3.88. The molecule has 0 aliphatic carbocycles. The van der Waals surface area contributed by atoms with Crippen LogP contribution in [0.5, 0.6) is 0 Å². The molecule has 0 fully saturated rings. The lowest BCUT2D eigenvalue weighted by molar-refractivity contribution is 0.0941. The second-order valence-corrected chi connectivity index (χ2v) is 6.81. The number of amides is 1. The normalized spacial score (nSPS) is 11.0. The molecule has 0 aliphatic rings. The molecule has 0 atom stereocenters. The fourth-order valence-electron chi connectivity index (χ4n) is 2.60. The maximum absolute atomic E-state index is 12.5. The van der Waals surface area contributed by atoms with Crippen LogP contribution in [0.25, 0.3) is 5.65 Å². The lowest BCUT2D eigenvalue weighted by atomic mass is 10.2. The van der Waals surface area contributed by atoms with E-state index in [1.807, 2.05) is 66.2 Å². The third kappa shape index (κ3) is 4.86. The van der Waals surface area contributed by atoms with Crippen LogP contribution in [0, 0.1) is 0 Å². The van der Waals surface area contributed by atoms with E-state index in [2.05, 4.69) is 10.3 Å².